The maximum absolute atomic E-state index is 12.5. The van der Waals surface area contributed by atoms with E-state index in [1.807, 2.05) is 45.0 Å². The molecule has 1 saturated heterocycles. The van der Waals surface area contributed by atoms with E-state index < -0.39 is 6.03 Å². The van der Waals surface area contributed by atoms with E-state index in [-0.39, 0.29) is 5.41 Å². The maximum atomic E-state index is 12.5. The Morgan fingerprint density at radius 1 is 1.08 bits per heavy atom. The van der Waals surface area contributed by atoms with Gasteiger partial charge in [0.25, 0.3) is 0 Å². The van der Waals surface area contributed by atoms with E-state index in [4.69, 9.17) is 15.0 Å². The van der Waals surface area contributed by atoms with Crippen LogP contribution in [0.3, 0.4) is 0 Å². The number of benzene rings is 1. The second-order valence-corrected chi connectivity index (χ2v) is 10.5. The predicted molar refractivity (Wildman–Crippen MR) is 147 cm³/mol. The largest absolute Gasteiger partial charge is 0.383 e. The van der Waals surface area contributed by atoms with Gasteiger partial charge >= 0.3 is 6.03 Å². The molecule has 4 aromatic rings. The lowest BCUT2D eigenvalue weighted by atomic mass is 9.93. The van der Waals surface area contributed by atoms with E-state index in [0.29, 0.717) is 23.1 Å². The Balaban J connectivity index is 1.27. The van der Waals surface area contributed by atoms with Crippen LogP contribution in [0.25, 0.3) is 22.2 Å². The number of urea groups is 1. The number of nitrogens with zero attached hydrogens (tertiary/aromatic N) is 5. The molecule has 0 aliphatic carbocycles. The highest BCUT2D eigenvalue weighted by Gasteiger charge is 2.20. The molecule has 0 atom stereocenters. The molecule has 4 N–H and O–H groups in total. The molecular weight excluding hydrogens is 484 g/mol. The molecule has 0 radical (unpaired) electrons. The third kappa shape index (κ3) is 5.79. The van der Waals surface area contributed by atoms with Crippen LogP contribution < -0.4 is 16.4 Å². The Morgan fingerprint density at radius 2 is 1.84 bits per heavy atom. The zero-order valence-electron chi connectivity index (χ0n) is 22.0. The van der Waals surface area contributed by atoms with Crippen molar-refractivity contribution in [3.05, 3.63) is 48.6 Å². The molecule has 0 saturated carbocycles. The van der Waals surface area contributed by atoms with Crippen molar-refractivity contribution in [3.63, 3.8) is 0 Å². The van der Waals surface area contributed by atoms with E-state index >= 15 is 0 Å². The fourth-order valence-corrected chi connectivity index (χ4v) is 4.53. The van der Waals surface area contributed by atoms with Crippen molar-refractivity contribution in [3.8, 4) is 11.1 Å². The molecule has 0 unspecified atom stereocenters. The second-order valence-electron chi connectivity index (χ2n) is 10.5. The van der Waals surface area contributed by atoms with Crippen LogP contribution in [0, 0.1) is 0 Å². The van der Waals surface area contributed by atoms with E-state index in [1.54, 1.807) is 6.07 Å². The van der Waals surface area contributed by atoms with Gasteiger partial charge in [0, 0.05) is 55.1 Å². The van der Waals surface area contributed by atoms with Crippen LogP contribution in [0.5, 0.6) is 0 Å². The van der Waals surface area contributed by atoms with Crippen molar-refractivity contribution in [1.29, 1.82) is 0 Å². The molecule has 1 aliphatic rings. The number of amides is 2. The number of nitrogen functional groups attached to an aromatic ring is 1. The number of hydrogen-bond acceptors (Lipinski definition) is 8. The summed E-state index contributed by atoms with van der Waals surface area (Å²) in [5, 5.41) is 10.3. The third-order valence-corrected chi connectivity index (χ3v) is 6.60. The lowest BCUT2D eigenvalue weighted by Crippen LogP contribution is -2.37. The molecule has 1 aromatic carbocycles. The van der Waals surface area contributed by atoms with Gasteiger partial charge in [-0.1, -0.05) is 38.1 Å². The monoisotopic (exact) mass is 518 g/mol. The summed E-state index contributed by atoms with van der Waals surface area (Å²) in [6.07, 6.45) is 4.58. The minimum absolute atomic E-state index is 0.195. The van der Waals surface area contributed by atoms with Crippen molar-refractivity contribution in [2.24, 2.45) is 0 Å². The van der Waals surface area contributed by atoms with Gasteiger partial charge in [0.1, 0.15) is 23.6 Å². The Hall–Kier alpha value is -3.96. The molecular formula is C27H34N8O3. The number of carbonyl (C=O) groups is 1. The fourth-order valence-electron chi connectivity index (χ4n) is 4.53. The number of rotatable bonds is 7. The summed E-state index contributed by atoms with van der Waals surface area (Å²) in [5.41, 5.74) is 9.47. The summed E-state index contributed by atoms with van der Waals surface area (Å²) in [4.78, 5) is 23.7. The molecule has 11 heteroatoms. The first-order chi connectivity index (χ1) is 18.3. The van der Waals surface area contributed by atoms with Crippen molar-refractivity contribution in [1.82, 2.24) is 24.6 Å². The SMILES string of the molecule is CC(C)(C)c1cc(NC(=O)Nc2ccc(-c3cn(CCCN4CCOCC4)c4ncnc(N)c34)cc2)no1. The summed E-state index contributed by atoms with van der Waals surface area (Å²) in [6, 6.07) is 8.91. The molecule has 38 heavy (non-hydrogen) atoms. The van der Waals surface area contributed by atoms with Gasteiger partial charge in [-0.15, -0.1) is 0 Å². The first kappa shape index (κ1) is 25.7. The zero-order valence-corrected chi connectivity index (χ0v) is 22.0. The number of anilines is 3. The van der Waals surface area contributed by atoms with Gasteiger partial charge in [-0.3, -0.25) is 10.2 Å². The Bertz CT molecular complexity index is 1400. The molecule has 0 bridgehead atoms. The predicted octanol–water partition coefficient (Wildman–Crippen LogP) is 4.33. The van der Waals surface area contributed by atoms with E-state index in [2.05, 4.69) is 41.4 Å². The van der Waals surface area contributed by atoms with Crippen LogP contribution in [0.2, 0.25) is 0 Å². The minimum atomic E-state index is -0.402. The number of nitrogens with one attached hydrogen (secondary N) is 2. The first-order valence-corrected chi connectivity index (χ1v) is 12.8. The standard InChI is InChI=1S/C27H34N8O3/c1-27(2,3)21-15-22(33-38-21)32-26(36)31-19-7-5-18(6-8-19)20-16-35(25-23(20)24(28)29-17-30-25)10-4-9-34-11-13-37-14-12-34/h5-8,15-17H,4,9-14H2,1-3H3,(H2,28,29,30)(H2,31,32,33,36). The van der Waals surface area contributed by atoms with Crippen molar-refractivity contribution >= 4 is 34.4 Å². The highest BCUT2D eigenvalue weighted by atomic mass is 16.5. The Kier molecular flexibility index (Phi) is 7.30. The number of aromatic nitrogens is 4. The quantitative estimate of drug-likeness (QED) is 0.329. The number of aryl methyl sites for hydroxylation is 1. The number of ether oxygens (including phenoxy) is 1. The number of hydrogen-bond donors (Lipinski definition) is 3. The third-order valence-electron chi connectivity index (χ3n) is 6.60. The molecule has 200 valence electrons. The van der Waals surface area contributed by atoms with Crippen LogP contribution in [-0.2, 0) is 16.7 Å². The highest BCUT2D eigenvalue weighted by molar-refractivity contribution is 6.02. The highest BCUT2D eigenvalue weighted by Crippen LogP contribution is 2.33. The lowest BCUT2D eigenvalue weighted by molar-refractivity contribution is 0.0369. The number of nitrogens with two attached hydrogens (primary N) is 1. The summed E-state index contributed by atoms with van der Waals surface area (Å²) >= 11 is 0. The Labute approximate surface area is 221 Å². The van der Waals surface area contributed by atoms with E-state index in [9.17, 15) is 4.79 Å². The Morgan fingerprint density at radius 3 is 2.55 bits per heavy atom. The van der Waals surface area contributed by atoms with Crippen molar-refractivity contribution in [2.45, 2.75) is 39.2 Å². The molecule has 0 spiro atoms. The molecule has 3 aromatic heterocycles. The maximum Gasteiger partial charge on any atom is 0.324 e. The van der Waals surface area contributed by atoms with Gasteiger partial charge in [0.15, 0.2) is 5.82 Å². The van der Waals surface area contributed by atoms with Gasteiger partial charge in [0.05, 0.1) is 18.6 Å². The summed E-state index contributed by atoms with van der Waals surface area (Å²) < 4.78 is 12.9. The fraction of sp³-hybridized carbons (Fsp3) is 0.407. The number of morpholine rings is 1. The average molecular weight is 519 g/mol. The smallest absolute Gasteiger partial charge is 0.324 e. The lowest BCUT2D eigenvalue weighted by Gasteiger charge is -2.26. The van der Waals surface area contributed by atoms with Crippen LogP contribution in [0.4, 0.5) is 22.1 Å². The van der Waals surface area contributed by atoms with Crippen molar-refractivity contribution in [2.75, 3.05) is 49.2 Å². The van der Waals surface area contributed by atoms with E-state index in [1.165, 1.54) is 6.33 Å². The molecule has 1 fully saturated rings. The molecule has 2 amide bonds. The zero-order chi connectivity index (χ0) is 26.7. The normalized spacial score (nSPS) is 14.6. The van der Waals surface area contributed by atoms with Gasteiger partial charge in [-0.05, 0) is 24.1 Å². The number of carbonyl (C=O) groups excluding carboxylic acids is 1. The second kappa shape index (κ2) is 10.8. The molecule has 1 aliphatic heterocycles. The summed E-state index contributed by atoms with van der Waals surface area (Å²) in [6.45, 7) is 11.4. The first-order valence-electron chi connectivity index (χ1n) is 12.8. The molecule has 11 nitrogen and oxygen atoms in total. The van der Waals surface area contributed by atoms with Crippen molar-refractivity contribution < 1.29 is 14.1 Å². The van der Waals surface area contributed by atoms with Gasteiger partial charge in [0.2, 0.25) is 0 Å². The van der Waals surface area contributed by atoms with Gasteiger partial charge in [-0.2, -0.15) is 0 Å². The summed E-state index contributed by atoms with van der Waals surface area (Å²) in [7, 11) is 0. The topological polar surface area (TPSA) is 136 Å². The van der Waals surface area contributed by atoms with Crippen LogP contribution in [-0.4, -0.2) is 63.5 Å². The van der Waals surface area contributed by atoms with Gasteiger partial charge < -0.3 is 24.9 Å². The number of fused-ring (bicyclic) bond motifs is 1. The van der Waals surface area contributed by atoms with E-state index in [0.717, 1.165) is 68.0 Å². The van der Waals surface area contributed by atoms with Crippen LogP contribution >= 0.6 is 0 Å². The summed E-state index contributed by atoms with van der Waals surface area (Å²) in [5.74, 6) is 1.50. The minimum Gasteiger partial charge on any atom is -0.383 e. The average Bonchev–Trinajstić information content (AvgIpc) is 3.51. The van der Waals surface area contributed by atoms with Crippen LogP contribution in [0.1, 0.15) is 33.0 Å². The van der Waals surface area contributed by atoms with Crippen LogP contribution in [0.15, 0.2) is 47.4 Å². The molecule has 5 rings (SSSR count). The van der Waals surface area contributed by atoms with Gasteiger partial charge in [-0.25, -0.2) is 14.8 Å². The molecule has 4 heterocycles.